The van der Waals surface area contributed by atoms with Crippen molar-refractivity contribution in [1.29, 1.82) is 0 Å². The number of carbonyl (C=O) groups excluding carboxylic acids is 1. The van der Waals surface area contributed by atoms with E-state index in [4.69, 9.17) is 5.11 Å². The van der Waals surface area contributed by atoms with E-state index in [-0.39, 0.29) is 18.6 Å². The second kappa shape index (κ2) is 8.42. The van der Waals surface area contributed by atoms with Gasteiger partial charge in [0.05, 0.1) is 4.88 Å². The van der Waals surface area contributed by atoms with Crippen molar-refractivity contribution in [1.82, 2.24) is 5.32 Å². The van der Waals surface area contributed by atoms with Gasteiger partial charge in [0.1, 0.15) is 0 Å². The summed E-state index contributed by atoms with van der Waals surface area (Å²) in [5, 5.41) is 12.1. The molecule has 1 unspecified atom stereocenters. The summed E-state index contributed by atoms with van der Waals surface area (Å²) in [6.45, 7) is 8.53. The predicted molar refractivity (Wildman–Crippen MR) is 85.5 cm³/mol. The second-order valence-corrected chi connectivity index (χ2v) is 6.64. The van der Waals surface area contributed by atoms with E-state index in [0.717, 1.165) is 24.1 Å². The number of carbonyl (C=O) groups is 1. The van der Waals surface area contributed by atoms with Crippen LogP contribution in [0.4, 0.5) is 0 Å². The Morgan fingerprint density at radius 3 is 2.60 bits per heavy atom. The smallest absolute Gasteiger partial charge is 0.261 e. The van der Waals surface area contributed by atoms with Crippen LogP contribution in [0.15, 0.2) is 6.07 Å². The summed E-state index contributed by atoms with van der Waals surface area (Å²) in [6, 6.07) is 2.07. The number of thiophene rings is 1. The molecule has 0 aliphatic carbocycles. The van der Waals surface area contributed by atoms with Crippen LogP contribution in [0.5, 0.6) is 0 Å². The summed E-state index contributed by atoms with van der Waals surface area (Å²) in [5.74, 6) is 0.325. The number of hydrogen-bond donors (Lipinski definition) is 2. The maximum Gasteiger partial charge on any atom is 0.261 e. The van der Waals surface area contributed by atoms with Crippen LogP contribution >= 0.6 is 11.3 Å². The SMILES string of the molecule is CCCc1sc(C(=O)NC(CCO)C(C)C)cc1CC. The van der Waals surface area contributed by atoms with Gasteiger partial charge < -0.3 is 10.4 Å². The van der Waals surface area contributed by atoms with E-state index in [1.165, 1.54) is 10.4 Å². The van der Waals surface area contributed by atoms with E-state index in [9.17, 15) is 4.79 Å². The van der Waals surface area contributed by atoms with Crippen LogP contribution in [-0.2, 0) is 12.8 Å². The van der Waals surface area contributed by atoms with Gasteiger partial charge >= 0.3 is 0 Å². The minimum Gasteiger partial charge on any atom is -0.396 e. The third-order valence-corrected chi connectivity index (χ3v) is 4.78. The quantitative estimate of drug-likeness (QED) is 0.772. The first-order valence-electron chi connectivity index (χ1n) is 7.56. The van der Waals surface area contributed by atoms with Crippen LogP contribution in [0.2, 0.25) is 0 Å². The molecule has 0 saturated heterocycles. The molecule has 1 heterocycles. The first-order valence-corrected chi connectivity index (χ1v) is 8.38. The predicted octanol–water partition coefficient (Wildman–Crippen LogP) is 3.40. The molecule has 0 saturated carbocycles. The average Bonchev–Trinajstić information content (AvgIpc) is 2.81. The summed E-state index contributed by atoms with van der Waals surface area (Å²) < 4.78 is 0. The van der Waals surface area contributed by atoms with Crippen molar-refractivity contribution in [3.8, 4) is 0 Å². The molecule has 4 heteroatoms. The Labute approximate surface area is 126 Å². The van der Waals surface area contributed by atoms with Crippen molar-refractivity contribution in [2.24, 2.45) is 5.92 Å². The molecule has 0 aromatic carbocycles. The molecule has 1 aromatic heterocycles. The average molecular weight is 297 g/mol. The highest BCUT2D eigenvalue weighted by Crippen LogP contribution is 2.25. The number of aryl methyl sites for hydroxylation is 2. The molecule has 0 aliphatic rings. The van der Waals surface area contributed by atoms with Gasteiger partial charge in [0.25, 0.3) is 5.91 Å². The number of aliphatic hydroxyl groups excluding tert-OH is 1. The minimum absolute atomic E-state index is 0.000738. The Morgan fingerprint density at radius 1 is 1.40 bits per heavy atom. The van der Waals surface area contributed by atoms with E-state index >= 15 is 0 Å². The Kier molecular flexibility index (Phi) is 7.24. The lowest BCUT2D eigenvalue weighted by Gasteiger charge is -2.21. The van der Waals surface area contributed by atoms with Gasteiger partial charge in [-0.2, -0.15) is 0 Å². The zero-order valence-corrected chi connectivity index (χ0v) is 13.8. The maximum atomic E-state index is 12.3. The normalized spacial score (nSPS) is 12.7. The highest BCUT2D eigenvalue weighted by atomic mass is 32.1. The molecule has 0 bridgehead atoms. The van der Waals surface area contributed by atoms with E-state index in [2.05, 4.69) is 33.0 Å². The molecule has 1 atom stereocenters. The monoisotopic (exact) mass is 297 g/mol. The number of amides is 1. The fraction of sp³-hybridized carbons (Fsp3) is 0.688. The van der Waals surface area contributed by atoms with Crippen LogP contribution in [0.3, 0.4) is 0 Å². The Bertz CT molecular complexity index is 426. The summed E-state index contributed by atoms with van der Waals surface area (Å²) >= 11 is 1.61. The molecular formula is C16H27NO2S. The summed E-state index contributed by atoms with van der Waals surface area (Å²) in [5.41, 5.74) is 1.30. The van der Waals surface area contributed by atoms with Crippen LogP contribution in [-0.4, -0.2) is 23.7 Å². The van der Waals surface area contributed by atoms with Crippen molar-refractivity contribution in [3.05, 3.63) is 21.4 Å². The molecule has 0 spiro atoms. The Hall–Kier alpha value is -0.870. The molecule has 1 aromatic rings. The molecule has 0 radical (unpaired) electrons. The van der Waals surface area contributed by atoms with Crippen molar-refractivity contribution >= 4 is 17.2 Å². The summed E-state index contributed by atoms with van der Waals surface area (Å²) in [7, 11) is 0. The molecular weight excluding hydrogens is 270 g/mol. The van der Waals surface area contributed by atoms with Crippen molar-refractivity contribution in [2.75, 3.05) is 6.61 Å². The third kappa shape index (κ3) is 4.60. The van der Waals surface area contributed by atoms with Gasteiger partial charge in [-0.15, -0.1) is 11.3 Å². The number of rotatable bonds is 8. The number of aliphatic hydroxyl groups is 1. The highest BCUT2D eigenvalue weighted by molar-refractivity contribution is 7.14. The fourth-order valence-corrected chi connectivity index (χ4v) is 3.53. The number of hydrogen-bond acceptors (Lipinski definition) is 3. The molecule has 114 valence electrons. The lowest BCUT2D eigenvalue weighted by molar-refractivity contribution is 0.0920. The fourth-order valence-electron chi connectivity index (χ4n) is 2.27. The molecule has 3 nitrogen and oxygen atoms in total. The lowest BCUT2D eigenvalue weighted by Crippen LogP contribution is -2.38. The largest absolute Gasteiger partial charge is 0.396 e. The van der Waals surface area contributed by atoms with E-state index in [0.29, 0.717) is 12.3 Å². The number of nitrogens with one attached hydrogen (secondary N) is 1. The molecule has 0 fully saturated rings. The zero-order chi connectivity index (χ0) is 15.1. The van der Waals surface area contributed by atoms with Gasteiger partial charge in [-0.25, -0.2) is 0 Å². The minimum atomic E-state index is -0.000738. The Balaban J connectivity index is 2.80. The van der Waals surface area contributed by atoms with Gasteiger partial charge in [-0.1, -0.05) is 34.1 Å². The third-order valence-electron chi connectivity index (χ3n) is 3.54. The highest BCUT2D eigenvalue weighted by Gasteiger charge is 2.19. The maximum absolute atomic E-state index is 12.3. The molecule has 1 rings (SSSR count). The first kappa shape index (κ1) is 17.2. The van der Waals surface area contributed by atoms with Crippen LogP contribution in [0.25, 0.3) is 0 Å². The lowest BCUT2D eigenvalue weighted by atomic mass is 10.0. The second-order valence-electron chi connectivity index (χ2n) is 5.50. The van der Waals surface area contributed by atoms with Crippen LogP contribution in [0, 0.1) is 5.92 Å². The van der Waals surface area contributed by atoms with Gasteiger partial charge in [-0.05, 0) is 36.8 Å². The van der Waals surface area contributed by atoms with Crippen molar-refractivity contribution in [3.63, 3.8) is 0 Å². The van der Waals surface area contributed by atoms with Gasteiger partial charge in [0.15, 0.2) is 0 Å². The van der Waals surface area contributed by atoms with Crippen LogP contribution in [0.1, 0.15) is 60.6 Å². The van der Waals surface area contributed by atoms with Gasteiger partial charge in [0.2, 0.25) is 0 Å². The molecule has 0 aliphatic heterocycles. The molecule has 20 heavy (non-hydrogen) atoms. The van der Waals surface area contributed by atoms with Crippen molar-refractivity contribution < 1.29 is 9.90 Å². The zero-order valence-electron chi connectivity index (χ0n) is 13.0. The van der Waals surface area contributed by atoms with E-state index in [1.807, 2.05) is 6.07 Å². The van der Waals surface area contributed by atoms with E-state index in [1.54, 1.807) is 11.3 Å². The van der Waals surface area contributed by atoms with Crippen LogP contribution < -0.4 is 5.32 Å². The molecule has 1 amide bonds. The standard InChI is InChI=1S/C16H27NO2S/c1-5-7-14-12(6-2)10-15(20-14)16(19)17-13(8-9-18)11(3)4/h10-11,13,18H,5-9H2,1-4H3,(H,17,19). The summed E-state index contributed by atoms with van der Waals surface area (Å²) in [4.78, 5) is 14.5. The van der Waals surface area contributed by atoms with Crippen molar-refractivity contribution in [2.45, 2.75) is 59.4 Å². The topological polar surface area (TPSA) is 49.3 Å². The van der Waals surface area contributed by atoms with E-state index < -0.39 is 0 Å². The first-order chi connectivity index (χ1) is 9.53. The molecule has 2 N–H and O–H groups in total. The Morgan fingerprint density at radius 2 is 2.10 bits per heavy atom. The summed E-state index contributed by atoms with van der Waals surface area (Å²) in [6.07, 6.45) is 3.74. The van der Waals surface area contributed by atoms with Gasteiger partial charge in [-0.3, -0.25) is 4.79 Å². The van der Waals surface area contributed by atoms with Gasteiger partial charge in [0, 0.05) is 17.5 Å².